The molecule has 3 heterocycles. The van der Waals surface area contributed by atoms with E-state index in [0.29, 0.717) is 11.5 Å². The molecule has 2 aromatic rings. The molecule has 6 heteroatoms. The number of amides is 2. The minimum absolute atomic E-state index is 0.106. The number of nitrogens with one attached hydrogen (secondary N) is 1. The van der Waals surface area contributed by atoms with Crippen molar-refractivity contribution in [1.29, 1.82) is 0 Å². The van der Waals surface area contributed by atoms with E-state index in [1.54, 1.807) is 41.5 Å². The van der Waals surface area contributed by atoms with Gasteiger partial charge < -0.3 is 14.6 Å². The highest BCUT2D eigenvalue weighted by Gasteiger charge is 2.20. The van der Waals surface area contributed by atoms with Gasteiger partial charge in [0.2, 0.25) is 0 Å². The number of hydrogen-bond acceptors (Lipinski definition) is 4. The first kappa shape index (κ1) is 15.3. The van der Waals surface area contributed by atoms with Crippen LogP contribution in [0.2, 0.25) is 0 Å². The van der Waals surface area contributed by atoms with Crippen molar-refractivity contribution in [3.63, 3.8) is 0 Å². The van der Waals surface area contributed by atoms with Crippen LogP contribution in [0.15, 0.2) is 41.0 Å². The molecular formula is C17H19N3O3. The van der Waals surface area contributed by atoms with Gasteiger partial charge in [0.05, 0.1) is 12.8 Å². The van der Waals surface area contributed by atoms with Gasteiger partial charge in [0.25, 0.3) is 11.8 Å². The zero-order chi connectivity index (χ0) is 16.1. The fourth-order valence-corrected chi connectivity index (χ4v) is 2.61. The summed E-state index contributed by atoms with van der Waals surface area (Å²) in [7, 11) is 0. The summed E-state index contributed by atoms with van der Waals surface area (Å²) in [5.74, 6) is 0.235. The molecule has 0 unspecified atom stereocenters. The second-order valence-electron chi connectivity index (χ2n) is 5.52. The van der Waals surface area contributed by atoms with Gasteiger partial charge in [0.1, 0.15) is 17.1 Å². The minimum atomic E-state index is -0.324. The van der Waals surface area contributed by atoms with Crippen LogP contribution < -0.4 is 5.32 Å². The number of likely N-dealkylation sites (tertiary alicyclic amines) is 1. The maximum atomic E-state index is 12.4. The van der Waals surface area contributed by atoms with Crippen molar-refractivity contribution in [3.05, 3.63) is 53.7 Å². The lowest BCUT2D eigenvalue weighted by Gasteiger charge is -2.26. The van der Waals surface area contributed by atoms with Crippen LogP contribution in [-0.2, 0) is 6.54 Å². The van der Waals surface area contributed by atoms with Gasteiger partial charge in [0, 0.05) is 13.1 Å². The summed E-state index contributed by atoms with van der Waals surface area (Å²) in [6.45, 7) is 1.81. The van der Waals surface area contributed by atoms with Crippen LogP contribution in [-0.4, -0.2) is 34.8 Å². The normalized spacial score (nSPS) is 14.5. The maximum absolute atomic E-state index is 12.4. The standard InChI is InChI=1S/C17H19N3O3/c21-16(18-12-13-6-5-11-23-13)14-7-4-8-15(19-14)17(22)20-9-2-1-3-10-20/h4-8,11H,1-3,9-10,12H2,(H,18,21). The first-order valence-electron chi connectivity index (χ1n) is 7.81. The molecule has 1 aliphatic heterocycles. The predicted molar refractivity (Wildman–Crippen MR) is 83.9 cm³/mol. The minimum Gasteiger partial charge on any atom is -0.467 e. The van der Waals surface area contributed by atoms with Crippen LogP contribution in [0.1, 0.15) is 46.0 Å². The number of piperidine rings is 1. The summed E-state index contributed by atoms with van der Waals surface area (Å²) in [5.41, 5.74) is 0.553. The van der Waals surface area contributed by atoms with Crippen molar-refractivity contribution in [2.24, 2.45) is 0 Å². The number of pyridine rings is 1. The Kier molecular flexibility index (Phi) is 4.71. The monoisotopic (exact) mass is 313 g/mol. The van der Waals surface area contributed by atoms with E-state index in [1.165, 1.54) is 0 Å². The summed E-state index contributed by atoms with van der Waals surface area (Å²) >= 11 is 0. The zero-order valence-corrected chi connectivity index (χ0v) is 12.8. The van der Waals surface area contributed by atoms with E-state index in [4.69, 9.17) is 4.42 Å². The quantitative estimate of drug-likeness (QED) is 0.939. The van der Waals surface area contributed by atoms with E-state index in [2.05, 4.69) is 10.3 Å². The topological polar surface area (TPSA) is 75.4 Å². The molecule has 0 saturated carbocycles. The largest absolute Gasteiger partial charge is 0.467 e. The average Bonchev–Trinajstić information content (AvgIpc) is 3.13. The number of rotatable bonds is 4. The third-order valence-electron chi connectivity index (χ3n) is 3.85. The van der Waals surface area contributed by atoms with Crippen LogP contribution >= 0.6 is 0 Å². The summed E-state index contributed by atoms with van der Waals surface area (Å²) in [6.07, 6.45) is 4.76. The van der Waals surface area contributed by atoms with Crippen molar-refractivity contribution in [2.45, 2.75) is 25.8 Å². The number of nitrogens with zero attached hydrogens (tertiary/aromatic N) is 2. The van der Waals surface area contributed by atoms with Crippen LogP contribution in [0.5, 0.6) is 0 Å². The maximum Gasteiger partial charge on any atom is 0.272 e. The lowest BCUT2D eigenvalue weighted by molar-refractivity contribution is 0.0718. The molecule has 0 atom stereocenters. The number of carbonyl (C=O) groups is 2. The van der Waals surface area contributed by atoms with Crippen molar-refractivity contribution in [3.8, 4) is 0 Å². The summed E-state index contributed by atoms with van der Waals surface area (Å²) < 4.78 is 5.17. The zero-order valence-electron chi connectivity index (χ0n) is 12.8. The molecule has 0 aromatic carbocycles. The molecule has 23 heavy (non-hydrogen) atoms. The first-order chi connectivity index (χ1) is 11.2. The Hall–Kier alpha value is -2.63. The third-order valence-corrected chi connectivity index (χ3v) is 3.85. The fraction of sp³-hybridized carbons (Fsp3) is 0.353. The molecule has 2 aromatic heterocycles. The molecule has 2 amide bonds. The highest BCUT2D eigenvalue weighted by atomic mass is 16.3. The lowest BCUT2D eigenvalue weighted by Crippen LogP contribution is -2.36. The van der Waals surface area contributed by atoms with Gasteiger partial charge >= 0.3 is 0 Å². The molecule has 120 valence electrons. The van der Waals surface area contributed by atoms with Crippen LogP contribution in [0.3, 0.4) is 0 Å². The second kappa shape index (κ2) is 7.09. The van der Waals surface area contributed by atoms with Crippen LogP contribution in [0.25, 0.3) is 0 Å². The Morgan fingerprint density at radius 1 is 1.09 bits per heavy atom. The highest BCUT2D eigenvalue weighted by Crippen LogP contribution is 2.12. The molecule has 1 saturated heterocycles. The van der Waals surface area contributed by atoms with E-state index in [0.717, 1.165) is 32.4 Å². The van der Waals surface area contributed by atoms with E-state index in [9.17, 15) is 9.59 Å². The molecule has 1 N–H and O–H groups in total. The van der Waals surface area contributed by atoms with E-state index >= 15 is 0 Å². The molecule has 0 bridgehead atoms. The average molecular weight is 313 g/mol. The SMILES string of the molecule is O=C(NCc1ccco1)c1cccc(C(=O)N2CCCCC2)n1. The molecule has 0 radical (unpaired) electrons. The van der Waals surface area contributed by atoms with E-state index < -0.39 is 0 Å². The van der Waals surface area contributed by atoms with Crippen molar-refractivity contribution in [1.82, 2.24) is 15.2 Å². The van der Waals surface area contributed by atoms with E-state index in [1.807, 2.05) is 0 Å². The van der Waals surface area contributed by atoms with Gasteiger partial charge in [0.15, 0.2) is 0 Å². The molecule has 1 aliphatic rings. The number of aromatic nitrogens is 1. The molecular weight excluding hydrogens is 294 g/mol. The summed E-state index contributed by atoms with van der Waals surface area (Å²) in [6, 6.07) is 8.48. The van der Waals surface area contributed by atoms with Crippen molar-refractivity contribution in [2.75, 3.05) is 13.1 Å². The predicted octanol–water partition coefficient (Wildman–Crippen LogP) is 2.23. The Morgan fingerprint density at radius 3 is 2.61 bits per heavy atom. The van der Waals surface area contributed by atoms with Gasteiger partial charge in [-0.1, -0.05) is 6.07 Å². The third kappa shape index (κ3) is 3.77. The molecule has 0 spiro atoms. The van der Waals surface area contributed by atoms with E-state index in [-0.39, 0.29) is 24.1 Å². The lowest BCUT2D eigenvalue weighted by atomic mass is 10.1. The number of carbonyl (C=O) groups excluding carboxylic acids is 2. The van der Waals surface area contributed by atoms with Gasteiger partial charge in [-0.05, 0) is 43.5 Å². The first-order valence-corrected chi connectivity index (χ1v) is 7.81. The number of furan rings is 1. The Balaban J connectivity index is 1.66. The van der Waals surface area contributed by atoms with Gasteiger partial charge in [-0.3, -0.25) is 9.59 Å². The molecule has 1 fully saturated rings. The fourth-order valence-electron chi connectivity index (χ4n) is 2.61. The smallest absolute Gasteiger partial charge is 0.272 e. The Bertz CT molecular complexity index is 676. The van der Waals surface area contributed by atoms with Crippen LogP contribution in [0, 0.1) is 0 Å². The second-order valence-corrected chi connectivity index (χ2v) is 5.52. The summed E-state index contributed by atoms with van der Waals surface area (Å²) in [4.78, 5) is 30.6. The number of hydrogen-bond donors (Lipinski definition) is 1. The molecule has 0 aliphatic carbocycles. The Morgan fingerprint density at radius 2 is 1.87 bits per heavy atom. The molecule has 3 rings (SSSR count). The Labute approximate surface area is 134 Å². The highest BCUT2D eigenvalue weighted by molar-refractivity contribution is 5.96. The van der Waals surface area contributed by atoms with Crippen molar-refractivity contribution < 1.29 is 14.0 Å². The van der Waals surface area contributed by atoms with Crippen molar-refractivity contribution >= 4 is 11.8 Å². The van der Waals surface area contributed by atoms with Gasteiger partial charge in [-0.2, -0.15) is 0 Å². The van der Waals surface area contributed by atoms with Gasteiger partial charge in [-0.25, -0.2) is 4.98 Å². The molecule has 6 nitrogen and oxygen atoms in total. The summed E-state index contributed by atoms with van der Waals surface area (Å²) in [5, 5.41) is 2.73. The van der Waals surface area contributed by atoms with Crippen LogP contribution in [0.4, 0.5) is 0 Å². The van der Waals surface area contributed by atoms with Gasteiger partial charge in [-0.15, -0.1) is 0 Å².